The van der Waals surface area contributed by atoms with Gasteiger partial charge in [-0.05, 0) is 37.5 Å². The van der Waals surface area contributed by atoms with Gasteiger partial charge >= 0.3 is 6.03 Å². The van der Waals surface area contributed by atoms with Crippen molar-refractivity contribution < 1.29 is 4.79 Å². The van der Waals surface area contributed by atoms with E-state index in [0.717, 1.165) is 0 Å². The van der Waals surface area contributed by atoms with E-state index in [0.29, 0.717) is 23.1 Å². The minimum atomic E-state index is -0.538. The fourth-order valence-corrected chi connectivity index (χ4v) is 5.99. The van der Waals surface area contributed by atoms with Crippen LogP contribution in [0.3, 0.4) is 0 Å². The lowest BCUT2D eigenvalue weighted by atomic mass is 9.79. The van der Waals surface area contributed by atoms with Crippen LogP contribution in [0, 0.1) is 11.8 Å². The van der Waals surface area contributed by atoms with Crippen molar-refractivity contribution in [3.05, 3.63) is 0 Å². The molecule has 6 atom stereocenters. The first-order valence-corrected chi connectivity index (χ1v) is 10.5. The van der Waals surface area contributed by atoms with Gasteiger partial charge in [0.1, 0.15) is 11.8 Å². The molecule has 1 aliphatic heterocycles. The molecule has 2 aliphatic carbocycles. The van der Waals surface area contributed by atoms with Crippen LogP contribution in [0.2, 0.25) is 0 Å². The Morgan fingerprint density at radius 3 is 2.54 bits per heavy atom. The number of amides is 2. The molecule has 0 spiro atoms. The molecule has 3 aliphatic rings. The highest BCUT2D eigenvalue weighted by atomic mass is 32.2. The van der Waals surface area contributed by atoms with Crippen molar-refractivity contribution in [2.75, 3.05) is 0 Å². The molecule has 1 saturated heterocycles. The lowest BCUT2D eigenvalue weighted by Crippen LogP contribution is -2.60. The number of rotatable bonds is 4. The summed E-state index contributed by atoms with van der Waals surface area (Å²) < 4.78 is 0. The lowest BCUT2D eigenvalue weighted by molar-refractivity contribution is 0.190. The molecule has 0 aromatic heterocycles. The van der Waals surface area contributed by atoms with E-state index in [4.69, 9.17) is 5.73 Å². The van der Waals surface area contributed by atoms with E-state index in [1.807, 2.05) is 11.8 Å². The Balaban J connectivity index is 1.41. The summed E-state index contributed by atoms with van der Waals surface area (Å²) in [7, 11) is 0. The molecule has 1 heterocycles. The minimum absolute atomic E-state index is 0.126. The molecule has 0 radical (unpaired) electrons. The normalized spacial score (nSPS) is 40.6. The quantitative estimate of drug-likeness (QED) is 0.497. The molecule has 138 valence electrons. The van der Waals surface area contributed by atoms with Gasteiger partial charge in [0.05, 0.1) is 0 Å². The highest BCUT2D eigenvalue weighted by Crippen LogP contribution is 2.35. The predicted molar refractivity (Wildman–Crippen MR) is 99.3 cm³/mol. The summed E-state index contributed by atoms with van der Waals surface area (Å²) >= 11 is 1.91. The van der Waals surface area contributed by atoms with Gasteiger partial charge in [-0.2, -0.15) is 0 Å². The Kier molecular flexibility index (Phi) is 6.29. The predicted octanol–water partition coefficient (Wildman–Crippen LogP) is 1.87. The van der Waals surface area contributed by atoms with Crippen LogP contribution in [0.1, 0.15) is 58.8 Å². The smallest absolute Gasteiger partial charge is 0.317 e. The maximum atomic E-state index is 12.3. The van der Waals surface area contributed by atoms with Crippen LogP contribution >= 0.6 is 11.8 Å². The Hall–Kier alpha value is -0.500. The number of urea groups is 1. The van der Waals surface area contributed by atoms with Gasteiger partial charge in [0, 0.05) is 17.3 Å². The molecule has 24 heavy (non-hydrogen) atoms. The van der Waals surface area contributed by atoms with Crippen LogP contribution < -0.4 is 27.0 Å². The summed E-state index contributed by atoms with van der Waals surface area (Å²) in [6, 6.07) is 0.667. The van der Waals surface area contributed by atoms with E-state index >= 15 is 0 Å². The van der Waals surface area contributed by atoms with Gasteiger partial charge in [-0.25, -0.2) is 4.79 Å². The minimum Gasteiger partial charge on any atom is -0.335 e. The van der Waals surface area contributed by atoms with Gasteiger partial charge in [0.2, 0.25) is 0 Å². The van der Waals surface area contributed by atoms with Crippen molar-refractivity contribution in [2.24, 2.45) is 17.6 Å². The van der Waals surface area contributed by atoms with Crippen molar-refractivity contribution in [1.29, 1.82) is 0 Å². The summed E-state index contributed by atoms with van der Waals surface area (Å²) in [5.74, 6) is 1.05. The number of hydrogen-bond acceptors (Lipinski definition) is 5. The molecule has 2 amide bonds. The molecule has 7 heteroatoms. The largest absolute Gasteiger partial charge is 0.335 e. The Morgan fingerprint density at radius 2 is 1.83 bits per heavy atom. The maximum Gasteiger partial charge on any atom is 0.317 e. The molecule has 2 saturated carbocycles. The van der Waals surface area contributed by atoms with Gasteiger partial charge in [0.15, 0.2) is 0 Å². The first kappa shape index (κ1) is 18.3. The van der Waals surface area contributed by atoms with Crippen molar-refractivity contribution in [3.63, 3.8) is 0 Å². The van der Waals surface area contributed by atoms with Gasteiger partial charge < -0.3 is 10.6 Å². The molecule has 0 aromatic rings. The van der Waals surface area contributed by atoms with Crippen LogP contribution in [0.15, 0.2) is 0 Å². The number of nitrogens with one attached hydrogen (secondary N) is 4. The van der Waals surface area contributed by atoms with E-state index in [9.17, 15) is 4.79 Å². The van der Waals surface area contributed by atoms with Gasteiger partial charge in [-0.3, -0.25) is 16.4 Å². The lowest BCUT2D eigenvalue weighted by Gasteiger charge is -2.35. The summed E-state index contributed by atoms with van der Waals surface area (Å²) in [5, 5.41) is 13.5. The van der Waals surface area contributed by atoms with Crippen molar-refractivity contribution in [1.82, 2.24) is 21.3 Å². The van der Waals surface area contributed by atoms with E-state index in [1.165, 1.54) is 44.9 Å². The number of carbonyl (C=O) groups is 1. The van der Waals surface area contributed by atoms with Crippen molar-refractivity contribution >= 4 is 17.8 Å². The van der Waals surface area contributed by atoms with Crippen LogP contribution in [0.4, 0.5) is 4.79 Å². The molecule has 6 N–H and O–H groups in total. The summed E-state index contributed by atoms with van der Waals surface area (Å²) in [6.07, 6.45) is 8.26. The first-order valence-electron chi connectivity index (χ1n) is 9.53. The standard InChI is InChI=1S/C17H33N5OS/c1-10-6-5-7-11(2)14(10)20-16(23)21-15(18)22-17-19-12-8-3-4-9-13(12)24-17/h10-15,17,19,22H,3-9,18H2,1-2H3,(H2,20,21,23). The molecule has 6 unspecified atom stereocenters. The van der Waals surface area contributed by atoms with Gasteiger partial charge in [-0.15, -0.1) is 11.8 Å². The first-order chi connectivity index (χ1) is 11.5. The van der Waals surface area contributed by atoms with Gasteiger partial charge in [-0.1, -0.05) is 33.1 Å². The molecule has 0 aromatic carbocycles. The molecule has 3 fully saturated rings. The third-order valence-corrected chi connectivity index (χ3v) is 7.30. The average molecular weight is 356 g/mol. The van der Waals surface area contributed by atoms with Crippen molar-refractivity contribution in [3.8, 4) is 0 Å². The fourth-order valence-electron chi connectivity index (χ4n) is 4.45. The Bertz CT molecular complexity index is 413. The number of nitrogens with two attached hydrogens (primary N) is 1. The summed E-state index contributed by atoms with van der Waals surface area (Å²) in [5.41, 5.74) is 6.21. The maximum absolute atomic E-state index is 12.3. The van der Waals surface area contributed by atoms with Crippen LogP contribution in [0.25, 0.3) is 0 Å². The summed E-state index contributed by atoms with van der Waals surface area (Å²) in [6.45, 7) is 4.44. The Morgan fingerprint density at radius 1 is 1.12 bits per heavy atom. The van der Waals surface area contributed by atoms with E-state index < -0.39 is 6.29 Å². The van der Waals surface area contributed by atoms with Crippen LogP contribution in [0.5, 0.6) is 0 Å². The molecule has 0 bridgehead atoms. The van der Waals surface area contributed by atoms with Crippen LogP contribution in [-0.2, 0) is 0 Å². The number of hydrogen-bond donors (Lipinski definition) is 5. The molecular formula is C17H33N5OS. The van der Waals surface area contributed by atoms with Crippen molar-refractivity contribution in [2.45, 2.75) is 87.9 Å². The SMILES string of the molecule is CC1CCCC(C)C1NC(=O)NC(N)NC1NC2CCCCC2S1. The third-order valence-electron chi connectivity index (χ3n) is 5.84. The highest BCUT2D eigenvalue weighted by Gasteiger charge is 2.36. The zero-order chi connectivity index (χ0) is 17.1. The van der Waals surface area contributed by atoms with Crippen LogP contribution in [-0.4, -0.2) is 35.2 Å². The van der Waals surface area contributed by atoms with E-state index in [-0.39, 0.29) is 17.6 Å². The molecule has 6 nitrogen and oxygen atoms in total. The third kappa shape index (κ3) is 4.56. The van der Waals surface area contributed by atoms with E-state index in [2.05, 4.69) is 35.1 Å². The summed E-state index contributed by atoms with van der Waals surface area (Å²) in [4.78, 5) is 12.3. The van der Waals surface area contributed by atoms with E-state index in [1.54, 1.807) is 0 Å². The second-order valence-corrected chi connectivity index (χ2v) is 9.13. The second kappa shape index (κ2) is 8.25. The van der Waals surface area contributed by atoms with Gasteiger partial charge in [0.25, 0.3) is 0 Å². The fraction of sp³-hybridized carbons (Fsp3) is 0.941. The zero-order valence-electron chi connectivity index (χ0n) is 14.9. The topological polar surface area (TPSA) is 91.2 Å². The monoisotopic (exact) mass is 355 g/mol. The number of fused-ring (bicyclic) bond motifs is 1. The number of carbonyl (C=O) groups excluding carboxylic acids is 1. The zero-order valence-corrected chi connectivity index (χ0v) is 15.7. The number of thioether (sulfide) groups is 1. The Labute approximate surface area is 149 Å². The molecule has 3 rings (SSSR count). The average Bonchev–Trinajstić information content (AvgIpc) is 2.93. The molecular weight excluding hydrogens is 322 g/mol. The second-order valence-electron chi connectivity index (χ2n) is 7.79. The highest BCUT2D eigenvalue weighted by molar-refractivity contribution is 8.00.